The fraction of sp³-hybridized carbons (Fsp3) is 0.286. The molecule has 8 nitrogen and oxygen atoms in total. The summed E-state index contributed by atoms with van der Waals surface area (Å²) in [6.07, 6.45) is 0.291. The second-order valence-corrected chi connectivity index (χ2v) is 6.44. The van der Waals surface area contributed by atoms with E-state index in [1.165, 1.54) is 0 Å². The minimum absolute atomic E-state index is 0.00631. The van der Waals surface area contributed by atoms with Gasteiger partial charge in [0.1, 0.15) is 5.75 Å². The van der Waals surface area contributed by atoms with Crippen LogP contribution in [0.25, 0.3) is 0 Å². The second-order valence-electron chi connectivity index (χ2n) is 6.44. The van der Waals surface area contributed by atoms with Gasteiger partial charge in [0.2, 0.25) is 0 Å². The van der Waals surface area contributed by atoms with Gasteiger partial charge in [-0.15, -0.1) is 0 Å². The summed E-state index contributed by atoms with van der Waals surface area (Å²) < 4.78 is 5.38. The normalized spacial score (nSPS) is 11.3. The molecule has 0 spiro atoms. The number of hydrogen-bond acceptors (Lipinski definition) is 4. The Balaban J connectivity index is 1.91. The Kier molecular flexibility index (Phi) is 8.02. The van der Waals surface area contributed by atoms with E-state index in [-0.39, 0.29) is 19.0 Å². The number of rotatable bonds is 10. The van der Waals surface area contributed by atoms with E-state index in [0.29, 0.717) is 18.6 Å². The lowest BCUT2D eigenvalue weighted by atomic mass is 9.99. The molecule has 2 aromatic rings. The maximum absolute atomic E-state index is 12.3. The molecule has 0 aliphatic heterocycles. The Morgan fingerprint density at radius 2 is 1.62 bits per heavy atom. The second kappa shape index (κ2) is 10.7. The molecule has 2 rings (SSSR count). The number of nitrogens with two attached hydrogens (primary N) is 1. The summed E-state index contributed by atoms with van der Waals surface area (Å²) in [5.74, 6) is -1.37. The summed E-state index contributed by atoms with van der Waals surface area (Å²) in [4.78, 5) is 34.6. The van der Waals surface area contributed by atoms with Gasteiger partial charge in [-0.2, -0.15) is 0 Å². The SMILES string of the molecule is CCOc1ccc(CC(CNC(=O)c2ccc(CNC(N)=O)cc2)C(=O)O)cc1. The Hall–Kier alpha value is -3.55. The summed E-state index contributed by atoms with van der Waals surface area (Å²) in [5, 5.41) is 14.6. The van der Waals surface area contributed by atoms with Gasteiger partial charge in [-0.05, 0) is 48.7 Å². The van der Waals surface area contributed by atoms with E-state index in [4.69, 9.17) is 10.5 Å². The van der Waals surface area contributed by atoms with Gasteiger partial charge in [0.05, 0.1) is 12.5 Å². The summed E-state index contributed by atoms with van der Waals surface area (Å²) in [6.45, 7) is 2.72. The molecular weight excluding hydrogens is 374 g/mol. The van der Waals surface area contributed by atoms with E-state index in [0.717, 1.165) is 16.9 Å². The Labute approximate surface area is 169 Å². The fourth-order valence-corrected chi connectivity index (χ4v) is 2.70. The van der Waals surface area contributed by atoms with E-state index in [1.807, 2.05) is 19.1 Å². The largest absolute Gasteiger partial charge is 0.494 e. The third-order valence-electron chi connectivity index (χ3n) is 4.26. The number of ether oxygens (including phenoxy) is 1. The Morgan fingerprint density at radius 3 is 2.17 bits per heavy atom. The number of amides is 3. The third kappa shape index (κ3) is 7.17. The van der Waals surface area contributed by atoms with Crippen molar-refractivity contribution in [1.82, 2.24) is 10.6 Å². The molecule has 8 heteroatoms. The van der Waals surface area contributed by atoms with Gasteiger partial charge in [0.25, 0.3) is 5.91 Å². The van der Waals surface area contributed by atoms with Crippen LogP contribution in [0.3, 0.4) is 0 Å². The molecule has 1 unspecified atom stereocenters. The summed E-state index contributed by atoms with van der Waals surface area (Å²) in [7, 11) is 0. The predicted octanol–water partition coefficient (Wildman–Crippen LogP) is 1.93. The van der Waals surface area contributed by atoms with E-state index >= 15 is 0 Å². The number of nitrogens with one attached hydrogen (secondary N) is 2. The highest BCUT2D eigenvalue weighted by Gasteiger charge is 2.19. The van der Waals surface area contributed by atoms with Crippen molar-refractivity contribution < 1.29 is 24.2 Å². The number of urea groups is 1. The molecule has 5 N–H and O–H groups in total. The minimum atomic E-state index is -0.980. The highest BCUT2D eigenvalue weighted by atomic mass is 16.5. The molecule has 1 atom stereocenters. The Bertz CT molecular complexity index is 834. The van der Waals surface area contributed by atoms with Crippen LogP contribution in [0.2, 0.25) is 0 Å². The fourth-order valence-electron chi connectivity index (χ4n) is 2.70. The van der Waals surface area contributed by atoms with Crippen LogP contribution in [0.4, 0.5) is 4.79 Å². The molecule has 0 aliphatic carbocycles. The van der Waals surface area contributed by atoms with E-state index in [9.17, 15) is 19.5 Å². The number of benzene rings is 2. The maximum atomic E-state index is 12.3. The van der Waals surface area contributed by atoms with Gasteiger partial charge >= 0.3 is 12.0 Å². The first-order valence-corrected chi connectivity index (χ1v) is 9.24. The van der Waals surface area contributed by atoms with E-state index < -0.39 is 17.9 Å². The Morgan fingerprint density at radius 1 is 1.00 bits per heavy atom. The van der Waals surface area contributed by atoms with Crippen LogP contribution in [-0.4, -0.2) is 36.2 Å². The first-order chi connectivity index (χ1) is 13.9. The first kappa shape index (κ1) is 21.7. The predicted molar refractivity (Wildman–Crippen MR) is 108 cm³/mol. The van der Waals surface area contributed by atoms with Crippen molar-refractivity contribution in [2.75, 3.05) is 13.2 Å². The first-order valence-electron chi connectivity index (χ1n) is 9.24. The van der Waals surface area contributed by atoms with Crippen molar-refractivity contribution in [2.45, 2.75) is 19.9 Å². The molecule has 0 saturated carbocycles. The summed E-state index contributed by atoms with van der Waals surface area (Å²) in [6, 6.07) is 13.2. The molecule has 3 amide bonds. The van der Waals surface area contributed by atoms with Crippen LogP contribution >= 0.6 is 0 Å². The van der Waals surface area contributed by atoms with Crippen molar-refractivity contribution in [3.8, 4) is 5.75 Å². The molecule has 0 heterocycles. The average Bonchev–Trinajstić information content (AvgIpc) is 2.71. The lowest BCUT2D eigenvalue weighted by Crippen LogP contribution is -2.34. The number of carboxylic acids is 1. The van der Waals surface area contributed by atoms with Crippen LogP contribution in [0, 0.1) is 5.92 Å². The van der Waals surface area contributed by atoms with Gasteiger partial charge in [-0.1, -0.05) is 24.3 Å². The van der Waals surface area contributed by atoms with Crippen molar-refractivity contribution in [3.05, 3.63) is 65.2 Å². The van der Waals surface area contributed by atoms with Crippen LogP contribution in [-0.2, 0) is 17.8 Å². The quantitative estimate of drug-likeness (QED) is 0.485. The standard InChI is InChI=1S/C21H25N3O5/c1-2-29-18-9-5-14(6-10-18)11-17(20(26)27)13-23-19(25)16-7-3-15(4-8-16)12-24-21(22)28/h3-10,17H,2,11-13H2,1H3,(H,23,25)(H,26,27)(H3,22,24,28). The molecule has 0 aromatic heterocycles. The highest BCUT2D eigenvalue weighted by molar-refractivity contribution is 5.94. The summed E-state index contributed by atoms with van der Waals surface area (Å²) >= 11 is 0. The third-order valence-corrected chi connectivity index (χ3v) is 4.26. The van der Waals surface area contributed by atoms with Crippen molar-refractivity contribution >= 4 is 17.9 Å². The maximum Gasteiger partial charge on any atom is 0.312 e. The molecular formula is C21H25N3O5. The van der Waals surface area contributed by atoms with Crippen LogP contribution in [0.15, 0.2) is 48.5 Å². The summed E-state index contributed by atoms with van der Waals surface area (Å²) in [5.41, 5.74) is 7.06. The lowest BCUT2D eigenvalue weighted by molar-refractivity contribution is -0.141. The number of aliphatic carboxylic acids is 1. The molecule has 0 radical (unpaired) electrons. The number of hydrogen-bond donors (Lipinski definition) is 4. The number of carbonyl (C=O) groups is 3. The molecule has 0 aliphatic rings. The van der Waals surface area contributed by atoms with Gasteiger partial charge in [0.15, 0.2) is 0 Å². The molecule has 0 bridgehead atoms. The number of carboxylic acid groups (broad SMARTS) is 1. The number of carbonyl (C=O) groups excluding carboxylic acids is 2. The van der Waals surface area contributed by atoms with Crippen LogP contribution < -0.4 is 21.1 Å². The zero-order chi connectivity index (χ0) is 21.2. The minimum Gasteiger partial charge on any atom is -0.494 e. The van der Waals surface area contributed by atoms with Gasteiger partial charge in [-0.3, -0.25) is 9.59 Å². The molecule has 2 aromatic carbocycles. The molecule has 154 valence electrons. The number of primary amides is 1. The molecule has 0 fully saturated rings. The average molecular weight is 399 g/mol. The van der Waals surface area contributed by atoms with Crippen molar-refractivity contribution in [3.63, 3.8) is 0 Å². The monoisotopic (exact) mass is 399 g/mol. The smallest absolute Gasteiger partial charge is 0.312 e. The molecule has 29 heavy (non-hydrogen) atoms. The highest BCUT2D eigenvalue weighted by Crippen LogP contribution is 2.15. The van der Waals surface area contributed by atoms with Crippen molar-refractivity contribution in [2.24, 2.45) is 11.7 Å². The lowest BCUT2D eigenvalue weighted by Gasteiger charge is -2.14. The van der Waals surface area contributed by atoms with Crippen molar-refractivity contribution in [1.29, 1.82) is 0 Å². The molecule has 0 saturated heterocycles. The zero-order valence-corrected chi connectivity index (χ0v) is 16.2. The van der Waals surface area contributed by atoms with Gasteiger partial charge in [-0.25, -0.2) is 4.79 Å². The zero-order valence-electron chi connectivity index (χ0n) is 16.2. The van der Waals surface area contributed by atoms with E-state index in [2.05, 4.69) is 10.6 Å². The van der Waals surface area contributed by atoms with E-state index in [1.54, 1.807) is 36.4 Å². The van der Waals surface area contributed by atoms with Gasteiger partial charge in [0, 0.05) is 18.7 Å². The van der Waals surface area contributed by atoms with Gasteiger partial charge < -0.3 is 26.2 Å². The van der Waals surface area contributed by atoms with Crippen LogP contribution in [0.5, 0.6) is 5.75 Å². The van der Waals surface area contributed by atoms with Crippen LogP contribution in [0.1, 0.15) is 28.4 Å². The topological polar surface area (TPSA) is 131 Å².